The van der Waals surface area contributed by atoms with Crippen molar-refractivity contribution >= 4 is 22.9 Å². The van der Waals surface area contributed by atoms with E-state index in [2.05, 4.69) is 29.3 Å². The molecular weight excluding hydrogens is 338 g/mol. The Kier molecular flexibility index (Phi) is 6.28. The van der Waals surface area contributed by atoms with Crippen LogP contribution in [-0.2, 0) is 6.54 Å². The summed E-state index contributed by atoms with van der Waals surface area (Å²) in [5.41, 5.74) is 2.21. The van der Waals surface area contributed by atoms with E-state index in [9.17, 15) is 0 Å². The first-order valence-corrected chi connectivity index (χ1v) is 9.94. The fourth-order valence-electron chi connectivity index (χ4n) is 3.24. The quantitative estimate of drug-likeness (QED) is 0.746. The summed E-state index contributed by atoms with van der Waals surface area (Å²) in [5.74, 6) is 0.887. The van der Waals surface area contributed by atoms with Crippen molar-refractivity contribution in [1.82, 2.24) is 14.8 Å². The van der Waals surface area contributed by atoms with Crippen LogP contribution in [0.3, 0.4) is 0 Å². The smallest absolute Gasteiger partial charge is 0.125 e. The number of hydrogen-bond acceptors (Lipinski definition) is 4. The molecule has 0 saturated carbocycles. The maximum Gasteiger partial charge on any atom is 0.125 e. The summed E-state index contributed by atoms with van der Waals surface area (Å²) in [7, 11) is 4.32. The first-order chi connectivity index (χ1) is 11.6. The van der Waals surface area contributed by atoms with E-state index in [1.54, 1.807) is 11.3 Å². The van der Waals surface area contributed by atoms with Crippen molar-refractivity contribution in [3.8, 4) is 10.6 Å². The van der Waals surface area contributed by atoms with Gasteiger partial charge in [0.1, 0.15) is 5.01 Å². The van der Waals surface area contributed by atoms with Crippen LogP contribution in [0.4, 0.5) is 0 Å². The molecule has 2 aromatic rings. The maximum absolute atomic E-state index is 6.28. The van der Waals surface area contributed by atoms with Crippen molar-refractivity contribution < 1.29 is 0 Å². The molecule has 0 atom stereocenters. The monoisotopic (exact) mass is 363 g/mol. The van der Waals surface area contributed by atoms with Gasteiger partial charge < -0.3 is 4.90 Å². The van der Waals surface area contributed by atoms with Crippen molar-refractivity contribution in [1.29, 1.82) is 0 Å². The van der Waals surface area contributed by atoms with Crippen LogP contribution < -0.4 is 0 Å². The Morgan fingerprint density at radius 2 is 2.00 bits per heavy atom. The fraction of sp³-hybridized carbons (Fsp3) is 0.526. The van der Waals surface area contributed by atoms with Crippen molar-refractivity contribution in [3.05, 3.63) is 40.4 Å². The van der Waals surface area contributed by atoms with Crippen LogP contribution in [0, 0.1) is 5.92 Å². The molecule has 0 spiro atoms. The minimum atomic E-state index is 0.778. The topological polar surface area (TPSA) is 19.4 Å². The second kappa shape index (κ2) is 8.43. The highest BCUT2D eigenvalue weighted by Gasteiger charge is 2.20. The van der Waals surface area contributed by atoms with Gasteiger partial charge in [0.15, 0.2) is 0 Å². The van der Waals surface area contributed by atoms with Gasteiger partial charge in [-0.1, -0.05) is 29.8 Å². The molecule has 0 radical (unpaired) electrons. The van der Waals surface area contributed by atoms with E-state index in [4.69, 9.17) is 16.6 Å². The molecule has 130 valence electrons. The number of aromatic nitrogens is 1. The van der Waals surface area contributed by atoms with Crippen LogP contribution in [0.2, 0.25) is 5.02 Å². The van der Waals surface area contributed by atoms with Crippen LogP contribution in [0.25, 0.3) is 10.6 Å². The minimum Gasteiger partial charge on any atom is -0.309 e. The summed E-state index contributed by atoms with van der Waals surface area (Å²) in [5, 5.41) is 3.98. The highest BCUT2D eigenvalue weighted by molar-refractivity contribution is 7.13. The van der Waals surface area contributed by atoms with E-state index in [-0.39, 0.29) is 0 Å². The lowest BCUT2D eigenvalue weighted by Gasteiger charge is -2.32. The molecule has 0 amide bonds. The molecule has 1 aromatic carbocycles. The third-order valence-electron chi connectivity index (χ3n) is 4.73. The Balaban J connectivity index is 1.52. The zero-order valence-electron chi connectivity index (χ0n) is 14.5. The molecule has 0 N–H and O–H groups in total. The SMILES string of the molecule is CN(C)CCC1CCN(Cc2csc(-c3ccccc3Cl)n2)CC1. The molecule has 1 aliphatic rings. The number of likely N-dealkylation sites (tertiary alicyclic amines) is 1. The Labute approximate surface area is 154 Å². The standard InChI is InChI=1S/C19H26ClN3S/c1-22(2)10-7-15-8-11-23(12-9-15)13-16-14-24-19(21-16)17-5-3-4-6-18(17)20/h3-6,14-15H,7-13H2,1-2H3. The number of nitrogens with zero attached hydrogens (tertiary/aromatic N) is 3. The summed E-state index contributed by atoms with van der Waals surface area (Å²) in [6, 6.07) is 7.94. The van der Waals surface area contributed by atoms with Gasteiger partial charge in [-0.15, -0.1) is 11.3 Å². The molecular formula is C19H26ClN3S. The van der Waals surface area contributed by atoms with Crippen LogP contribution in [0.5, 0.6) is 0 Å². The molecule has 3 rings (SSSR count). The van der Waals surface area contributed by atoms with E-state index in [0.29, 0.717) is 0 Å². The number of rotatable bonds is 6. The van der Waals surface area contributed by atoms with Crippen LogP contribution >= 0.6 is 22.9 Å². The van der Waals surface area contributed by atoms with Crippen molar-refractivity contribution in [3.63, 3.8) is 0 Å². The number of hydrogen-bond donors (Lipinski definition) is 0. The summed E-state index contributed by atoms with van der Waals surface area (Å²) >= 11 is 7.97. The number of piperidine rings is 1. The van der Waals surface area contributed by atoms with E-state index >= 15 is 0 Å². The summed E-state index contributed by atoms with van der Waals surface area (Å²) in [6.07, 6.45) is 3.96. The lowest BCUT2D eigenvalue weighted by atomic mass is 9.93. The molecule has 1 aliphatic heterocycles. The lowest BCUT2D eigenvalue weighted by Crippen LogP contribution is -2.34. The Morgan fingerprint density at radius 1 is 1.25 bits per heavy atom. The van der Waals surface area contributed by atoms with Crippen LogP contribution in [0.15, 0.2) is 29.6 Å². The summed E-state index contributed by atoms with van der Waals surface area (Å²) in [4.78, 5) is 9.63. The average Bonchev–Trinajstić information content (AvgIpc) is 3.03. The van der Waals surface area contributed by atoms with Gasteiger partial charge in [-0.3, -0.25) is 4.90 Å². The van der Waals surface area contributed by atoms with Crippen LogP contribution in [-0.4, -0.2) is 48.5 Å². The molecule has 3 nitrogen and oxygen atoms in total. The minimum absolute atomic E-state index is 0.778. The zero-order chi connectivity index (χ0) is 16.9. The molecule has 0 aliphatic carbocycles. The number of thiazole rings is 1. The molecule has 2 heterocycles. The van der Waals surface area contributed by atoms with Gasteiger partial charge >= 0.3 is 0 Å². The fourth-order valence-corrected chi connectivity index (χ4v) is 4.37. The van der Waals surface area contributed by atoms with Gasteiger partial charge in [0.25, 0.3) is 0 Å². The predicted molar refractivity (Wildman–Crippen MR) is 104 cm³/mol. The molecule has 0 unspecified atom stereocenters. The Bertz CT molecular complexity index is 648. The van der Waals surface area contributed by atoms with E-state index in [0.717, 1.165) is 28.1 Å². The second-order valence-corrected chi connectivity index (χ2v) is 8.20. The predicted octanol–water partition coefficient (Wildman–Crippen LogP) is 4.63. The molecule has 1 saturated heterocycles. The summed E-state index contributed by atoms with van der Waals surface area (Å²) in [6.45, 7) is 4.55. The molecule has 1 fully saturated rings. The highest BCUT2D eigenvalue weighted by atomic mass is 35.5. The second-order valence-electron chi connectivity index (χ2n) is 6.94. The van der Waals surface area contributed by atoms with E-state index < -0.39 is 0 Å². The lowest BCUT2D eigenvalue weighted by molar-refractivity contribution is 0.164. The van der Waals surface area contributed by atoms with Crippen molar-refractivity contribution in [2.45, 2.75) is 25.8 Å². The molecule has 24 heavy (non-hydrogen) atoms. The first-order valence-electron chi connectivity index (χ1n) is 8.68. The van der Waals surface area contributed by atoms with Gasteiger partial charge in [-0.2, -0.15) is 0 Å². The molecule has 5 heteroatoms. The van der Waals surface area contributed by atoms with Gasteiger partial charge in [-0.25, -0.2) is 4.98 Å². The van der Waals surface area contributed by atoms with Crippen LogP contribution in [0.1, 0.15) is 25.0 Å². The number of benzene rings is 1. The first kappa shape index (κ1) is 17.9. The van der Waals surface area contributed by atoms with Gasteiger partial charge in [-0.05, 0) is 65.0 Å². The Hall–Kier alpha value is -0.940. The van der Waals surface area contributed by atoms with E-state index in [1.807, 2.05) is 24.3 Å². The van der Waals surface area contributed by atoms with Crippen molar-refractivity contribution in [2.75, 3.05) is 33.7 Å². The third-order valence-corrected chi connectivity index (χ3v) is 5.99. The molecule has 0 bridgehead atoms. The van der Waals surface area contributed by atoms with E-state index in [1.165, 1.54) is 44.6 Å². The highest BCUT2D eigenvalue weighted by Crippen LogP contribution is 2.30. The molecule has 1 aromatic heterocycles. The van der Waals surface area contributed by atoms with Gasteiger partial charge in [0.05, 0.1) is 10.7 Å². The van der Waals surface area contributed by atoms with Gasteiger partial charge in [0.2, 0.25) is 0 Å². The maximum atomic E-state index is 6.28. The normalized spacial score (nSPS) is 16.8. The third kappa shape index (κ3) is 4.79. The Morgan fingerprint density at radius 3 is 2.71 bits per heavy atom. The van der Waals surface area contributed by atoms with Gasteiger partial charge in [0, 0.05) is 17.5 Å². The number of halogens is 1. The largest absolute Gasteiger partial charge is 0.309 e. The zero-order valence-corrected chi connectivity index (χ0v) is 16.1. The van der Waals surface area contributed by atoms with Crippen molar-refractivity contribution in [2.24, 2.45) is 5.92 Å². The summed E-state index contributed by atoms with van der Waals surface area (Å²) < 4.78 is 0. The average molecular weight is 364 g/mol.